The molecule has 2 rings (SSSR count). The van der Waals surface area contributed by atoms with Crippen molar-refractivity contribution in [1.82, 2.24) is 20.3 Å². The molecule has 2 heterocycles. The molecule has 0 bridgehead atoms. The van der Waals surface area contributed by atoms with Gasteiger partial charge in [0.2, 0.25) is 5.95 Å². The Labute approximate surface area is 114 Å². The summed E-state index contributed by atoms with van der Waals surface area (Å²) in [5.41, 5.74) is 5.52. The van der Waals surface area contributed by atoms with Crippen LogP contribution in [0.5, 0.6) is 0 Å². The second kappa shape index (κ2) is 4.87. The first-order valence-corrected chi connectivity index (χ1v) is 6.09. The highest BCUT2D eigenvalue weighted by atomic mass is 16.6. The Hall–Kier alpha value is -2.51. The Morgan fingerprint density at radius 3 is 2.85 bits per heavy atom. The van der Waals surface area contributed by atoms with Crippen LogP contribution in [0.1, 0.15) is 26.3 Å². The van der Waals surface area contributed by atoms with Gasteiger partial charge in [0.15, 0.2) is 0 Å². The van der Waals surface area contributed by atoms with E-state index < -0.39 is 11.7 Å². The minimum atomic E-state index is -0.572. The Kier molecular flexibility index (Phi) is 3.39. The van der Waals surface area contributed by atoms with E-state index in [9.17, 15) is 9.59 Å². The van der Waals surface area contributed by atoms with Crippen LogP contribution in [0.3, 0.4) is 0 Å². The van der Waals surface area contributed by atoms with Crippen molar-refractivity contribution in [1.29, 1.82) is 0 Å². The fourth-order valence-corrected chi connectivity index (χ4v) is 1.74. The minimum absolute atomic E-state index is 0.0380. The third-order valence-corrected chi connectivity index (χ3v) is 2.46. The van der Waals surface area contributed by atoms with Crippen LogP contribution in [0.2, 0.25) is 0 Å². The van der Waals surface area contributed by atoms with Crippen LogP contribution < -0.4 is 16.6 Å². The molecule has 0 aliphatic carbocycles. The van der Waals surface area contributed by atoms with Crippen molar-refractivity contribution < 1.29 is 9.53 Å². The third-order valence-electron chi connectivity index (χ3n) is 2.46. The van der Waals surface area contributed by atoms with Crippen LogP contribution in [0.25, 0.3) is 11.0 Å². The van der Waals surface area contributed by atoms with Crippen molar-refractivity contribution in [2.75, 3.05) is 5.73 Å². The van der Waals surface area contributed by atoms with Gasteiger partial charge in [-0.05, 0) is 20.8 Å². The summed E-state index contributed by atoms with van der Waals surface area (Å²) in [4.78, 5) is 32.6. The predicted octanol–water partition coefficient (Wildman–Crippen LogP) is 0.858. The average molecular weight is 279 g/mol. The second-order valence-corrected chi connectivity index (χ2v) is 5.34. The molecule has 0 atom stereocenters. The zero-order valence-corrected chi connectivity index (χ0v) is 11.5. The van der Waals surface area contributed by atoms with Crippen LogP contribution in [0, 0.1) is 0 Å². The molecular formula is C12H17N5O3. The van der Waals surface area contributed by atoms with Gasteiger partial charge in [-0.3, -0.25) is 9.78 Å². The number of rotatable bonds is 2. The largest absolute Gasteiger partial charge is 0.444 e. The summed E-state index contributed by atoms with van der Waals surface area (Å²) >= 11 is 0. The lowest BCUT2D eigenvalue weighted by Gasteiger charge is -2.19. The summed E-state index contributed by atoms with van der Waals surface area (Å²) in [6, 6.07) is 0. The van der Waals surface area contributed by atoms with Crippen LogP contribution in [-0.4, -0.2) is 26.6 Å². The minimum Gasteiger partial charge on any atom is -0.444 e. The van der Waals surface area contributed by atoms with E-state index in [2.05, 4.69) is 20.3 Å². The number of hydrogen-bond donors (Lipinski definition) is 4. The number of nitrogens with two attached hydrogens (primary N) is 1. The topological polar surface area (TPSA) is 126 Å². The van der Waals surface area contributed by atoms with E-state index >= 15 is 0 Å². The predicted molar refractivity (Wildman–Crippen MR) is 74.2 cm³/mol. The molecule has 0 radical (unpaired) electrons. The third kappa shape index (κ3) is 3.08. The number of nitrogens with zero attached hydrogens (tertiary/aromatic N) is 1. The smallest absolute Gasteiger partial charge is 0.407 e. The number of nitrogen functional groups attached to an aromatic ring is 1. The van der Waals surface area contributed by atoms with Gasteiger partial charge in [0.05, 0.1) is 5.39 Å². The van der Waals surface area contributed by atoms with Crippen LogP contribution in [0.4, 0.5) is 10.7 Å². The molecule has 0 aliphatic heterocycles. The van der Waals surface area contributed by atoms with Crippen molar-refractivity contribution in [2.45, 2.75) is 32.9 Å². The molecule has 2 aromatic rings. The molecule has 0 unspecified atom stereocenters. The molecule has 0 saturated heterocycles. The van der Waals surface area contributed by atoms with Crippen molar-refractivity contribution in [3.8, 4) is 0 Å². The van der Waals surface area contributed by atoms with Gasteiger partial charge in [-0.1, -0.05) is 0 Å². The molecule has 0 fully saturated rings. The number of carbonyl (C=O) groups is 1. The van der Waals surface area contributed by atoms with E-state index in [0.29, 0.717) is 16.6 Å². The lowest BCUT2D eigenvalue weighted by molar-refractivity contribution is 0.0524. The average Bonchev–Trinajstić information content (AvgIpc) is 2.67. The van der Waals surface area contributed by atoms with Crippen molar-refractivity contribution in [3.63, 3.8) is 0 Å². The summed E-state index contributed by atoms with van der Waals surface area (Å²) in [5.74, 6) is 0.0380. The molecule has 0 spiro atoms. The first-order valence-electron chi connectivity index (χ1n) is 6.09. The number of aromatic amines is 2. The highest BCUT2D eigenvalue weighted by Crippen LogP contribution is 2.13. The van der Waals surface area contributed by atoms with Crippen LogP contribution >= 0.6 is 0 Å². The number of aromatic nitrogens is 3. The van der Waals surface area contributed by atoms with E-state index in [-0.39, 0.29) is 18.1 Å². The summed E-state index contributed by atoms with van der Waals surface area (Å²) in [7, 11) is 0. The van der Waals surface area contributed by atoms with Gasteiger partial charge < -0.3 is 20.8 Å². The number of carbonyl (C=O) groups excluding carboxylic acids is 1. The highest BCUT2D eigenvalue weighted by molar-refractivity contribution is 5.80. The monoisotopic (exact) mass is 279 g/mol. The fourth-order valence-electron chi connectivity index (χ4n) is 1.74. The molecular weight excluding hydrogens is 262 g/mol. The van der Waals surface area contributed by atoms with Gasteiger partial charge >= 0.3 is 6.09 Å². The number of ether oxygens (including phenoxy) is 1. The molecule has 20 heavy (non-hydrogen) atoms. The van der Waals surface area contributed by atoms with Gasteiger partial charge in [0.25, 0.3) is 5.56 Å². The molecule has 1 amide bonds. The Morgan fingerprint density at radius 2 is 2.20 bits per heavy atom. The quantitative estimate of drug-likeness (QED) is 0.648. The van der Waals surface area contributed by atoms with E-state index in [0.717, 1.165) is 0 Å². The number of anilines is 1. The number of nitrogens with one attached hydrogen (secondary N) is 3. The molecule has 0 saturated carbocycles. The zero-order chi connectivity index (χ0) is 14.9. The number of hydrogen-bond acceptors (Lipinski definition) is 5. The summed E-state index contributed by atoms with van der Waals surface area (Å²) < 4.78 is 5.12. The van der Waals surface area contributed by atoms with E-state index in [4.69, 9.17) is 10.5 Å². The summed E-state index contributed by atoms with van der Waals surface area (Å²) in [6.07, 6.45) is 1.05. The number of alkyl carbamates (subject to hydrolysis) is 1. The normalized spacial score (nSPS) is 11.6. The molecule has 8 nitrogen and oxygen atoms in total. The van der Waals surface area contributed by atoms with E-state index in [1.807, 2.05) is 0 Å². The molecule has 8 heteroatoms. The Morgan fingerprint density at radius 1 is 1.50 bits per heavy atom. The molecule has 5 N–H and O–H groups in total. The van der Waals surface area contributed by atoms with E-state index in [1.54, 1.807) is 27.0 Å². The first-order chi connectivity index (χ1) is 9.26. The Bertz CT molecular complexity index is 695. The lowest BCUT2D eigenvalue weighted by atomic mass is 10.2. The van der Waals surface area contributed by atoms with Gasteiger partial charge in [-0.25, -0.2) is 4.79 Å². The molecule has 108 valence electrons. The first kappa shape index (κ1) is 13.9. The van der Waals surface area contributed by atoms with Gasteiger partial charge in [-0.15, -0.1) is 0 Å². The zero-order valence-electron chi connectivity index (χ0n) is 11.5. The number of fused-ring (bicyclic) bond motifs is 1. The van der Waals surface area contributed by atoms with Crippen LogP contribution in [-0.2, 0) is 11.3 Å². The SMILES string of the molecule is CC(C)(C)OC(=O)NCc1c[nH]c2nc(N)[nH]c(=O)c12. The second-order valence-electron chi connectivity index (χ2n) is 5.34. The number of H-pyrrole nitrogens is 2. The summed E-state index contributed by atoms with van der Waals surface area (Å²) in [6.45, 7) is 5.48. The number of amides is 1. The van der Waals surface area contributed by atoms with E-state index in [1.165, 1.54) is 0 Å². The molecule has 2 aromatic heterocycles. The lowest BCUT2D eigenvalue weighted by Crippen LogP contribution is -2.32. The fraction of sp³-hybridized carbons (Fsp3) is 0.417. The summed E-state index contributed by atoms with van der Waals surface area (Å²) in [5, 5.41) is 2.95. The maximum atomic E-state index is 11.8. The molecule has 0 aliphatic rings. The highest BCUT2D eigenvalue weighted by Gasteiger charge is 2.17. The Balaban J connectivity index is 2.15. The van der Waals surface area contributed by atoms with Gasteiger partial charge in [0.1, 0.15) is 11.2 Å². The van der Waals surface area contributed by atoms with Crippen molar-refractivity contribution in [3.05, 3.63) is 22.1 Å². The van der Waals surface area contributed by atoms with Gasteiger partial charge in [0, 0.05) is 18.3 Å². The van der Waals surface area contributed by atoms with Crippen molar-refractivity contribution in [2.24, 2.45) is 0 Å². The maximum absolute atomic E-state index is 11.8. The maximum Gasteiger partial charge on any atom is 0.407 e. The van der Waals surface area contributed by atoms with Crippen molar-refractivity contribution >= 4 is 23.1 Å². The molecule has 0 aromatic carbocycles. The standard InChI is InChI=1S/C12H17N5O3/c1-12(2,3)20-11(19)15-5-6-4-14-8-7(6)9(18)17-10(13)16-8/h4H,5H2,1-3H3,(H,15,19)(H4,13,14,16,17,18). The van der Waals surface area contributed by atoms with Gasteiger partial charge in [-0.2, -0.15) is 4.98 Å². The van der Waals surface area contributed by atoms with Crippen LogP contribution in [0.15, 0.2) is 11.0 Å².